The zero-order valence-corrected chi connectivity index (χ0v) is 15.5. The van der Waals surface area contributed by atoms with Crippen LogP contribution in [-0.4, -0.2) is 11.2 Å². The molecule has 4 heteroatoms. The summed E-state index contributed by atoms with van der Waals surface area (Å²) in [4.78, 5) is 9.09. The van der Waals surface area contributed by atoms with Crippen LogP contribution in [0.4, 0.5) is 5.69 Å². The van der Waals surface area contributed by atoms with E-state index in [1.54, 1.807) is 6.21 Å². The quantitative estimate of drug-likeness (QED) is 0.366. The average molecular weight is 373 g/mol. The van der Waals surface area contributed by atoms with Crippen LogP contribution in [0, 0.1) is 6.92 Å². The molecule has 1 heterocycles. The molecule has 0 saturated heterocycles. The van der Waals surface area contributed by atoms with Gasteiger partial charge in [-0.2, -0.15) is 0 Å². The molecule has 0 aliphatic rings. The first-order valence-corrected chi connectivity index (χ1v) is 9.00. The molecule has 3 aromatic carbocycles. The molecule has 0 atom stereocenters. The predicted octanol–water partition coefficient (Wildman–Crippen LogP) is 6.87. The number of fused-ring (bicyclic) bond motifs is 1. The van der Waals surface area contributed by atoms with Gasteiger partial charge in [0, 0.05) is 16.8 Å². The maximum absolute atomic E-state index is 5.90. The standard InChI is InChI=1S/C23H17ClN2O/c1-16-5-2-3-7-20(16)23-26-21-15-19(12-13-22(21)27-23)25-14-4-6-17-8-10-18(24)11-9-17/h2-15H,1H3. The van der Waals surface area contributed by atoms with Gasteiger partial charge in [-0.3, -0.25) is 4.99 Å². The van der Waals surface area contributed by atoms with Crippen molar-refractivity contribution in [3.05, 3.63) is 89.0 Å². The molecule has 0 unspecified atom stereocenters. The number of halogens is 1. The molecular weight excluding hydrogens is 356 g/mol. The Morgan fingerprint density at radius 2 is 1.81 bits per heavy atom. The molecule has 4 rings (SSSR count). The van der Waals surface area contributed by atoms with Crippen LogP contribution in [0.5, 0.6) is 0 Å². The SMILES string of the molecule is Cc1ccccc1-c1nc2cc(N=CC=Cc3ccc(Cl)cc3)ccc2o1. The summed E-state index contributed by atoms with van der Waals surface area (Å²) in [6.45, 7) is 2.05. The second-order valence-electron chi connectivity index (χ2n) is 6.17. The minimum atomic E-state index is 0.631. The first-order chi connectivity index (χ1) is 13.2. The summed E-state index contributed by atoms with van der Waals surface area (Å²) >= 11 is 5.89. The zero-order valence-electron chi connectivity index (χ0n) is 14.8. The number of rotatable bonds is 4. The van der Waals surface area contributed by atoms with Gasteiger partial charge in [0.2, 0.25) is 5.89 Å². The average Bonchev–Trinajstić information content (AvgIpc) is 3.10. The lowest BCUT2D eigenvalue weighted by Gasteiger charge is -1.98. The van der Waals surface area contributed by atoms with Crippen LogP contribution in [0.3, 0.4) is 0 Å². The molecular formula is C23H17ClN2O. The lowest BCUT2D eigenvalue weighted by Crippen LogP contribution is -1.81. The van der Waals surface area contributed by atoms with Crippen molar-refractivity contribution in [2.75, 3.05) is 0 Å². The predicted molar refractivity (Wildman–Crippen MR) is 113 cm³/mol. The number of benzene rings is 3. The smallest absolute Gasteiger partial charge is 0.227 e. The van der Waals surface area contributed by atoms with E-state index in [2.05, 4.69) is 9.98 Å². The first kappa shape index (κ1) is 17.3. The van der Waals surface area contributed by atoms with Crippen molar-refractivity contribution in [3.8, 4) is 11.5 Å². The Labute approximate surface area is 162 Å². The minimum absolute atomic E-state index is 0.631. The van der Waals surface area contributed by atoms with Gasteiger partial charge in [0.15, 0.2) is 5.58 Å². The fraction of sp³-hybridized carbons (Fsp3) is 0.0435. The van der Waals surface area contributed by atoms with Gasteiger partial charge in [-0.15, -0.1) is 0 Å². The van der Waals surface area contributed by atoms with E-state index in [0.717, 1.165) is 38.5 Å². The first-order valence-electron chi connectivity index (χ1n) is 8.62. The van der Waals surface area contributed by atoms with Crippen molar-refractivity contribution in [3.63, 3.8) is 0 Å². The maximum atomic E-state index is 5.90. The van der Waals surface area contributed by atoms with Crippen LogP contribution in [0.2, 0.25) is 5.02 Å². The van der Waals surface area contributed by atoms with E-state index in [0.29, 0.717) is 5.89 Å². The van der Waals surface area contributed by atoms with Crippen LogP contribution in [0.25, 0.3) is 28.6 Å². The van der Waals surface area contributed by atoms with Crippen LogP contribution < -0.4 is 0 Å². The Morgan fingerprint density at radius 1 is 1.00 bits per heavy atom. The fourth-order valence-corrected chi connectivity index (χ4v) is 2.91. The Balaban J connectivity index is 1.55. The van der Waals surface area contributed by atoms with Gasteiger partial charge in [0.05, 0.1) is 5.69 Å². The van der Waals surface area contributed by atoms with Gasteiger partial charge in [0.1, 0.15) is 5.52 Å². The third-order valence-electron chi connectivity index (χ3n) is 4.21. The topological polar surface area (TPSA) is 38.4 Å². The number of aliphatic imine (C=N–C) groups is 1. The molecule has 0 fully saturated rings. The normalized spacial score (nSPS) is 11.8. The fourth-order valence-electron chi connectivity index (χ4n) is 2.78. The van der Waals surface area contributed by atoms with Gasteiger partial charge in [-0.25, -0.2) is 4.98 Å². The van der Waals surface area contributed by atoms with Crippen molar-refractivity contribution >= 4 is 40.7 Å². The summed E-state index contributed by atoms with van der Waals surface area (Å²) in [5, 5.41) is 0.729. The largest absolute Gasteiger partial charge is 0.436 e. The summed E-state index contributed by atoms with van der Waals surface area (Å²) in [5.74, 6) is 0.631. The Kier molecular flexibility index (Phi) is 4.86. The number of allylic oxidation sites excluding steroid dienone is 1. The Morgan fingerprint density at radius 3 is 2.63 bits per heavy atom. The minimum Gasteiger partial charge on any atom is -0.436 e. The zero-order chi connectivity index (χ0) is 18.6. The molecule has 0 saturated carbocycles. The number of oxazole rings is 1. The summed E-state index contributed by atoms with van der Waals surface area (Å²) in [5.41, 5.74) is 5.58. The summed E-state index contributed by atoms with van der Waals surface area (Å²) in [6, 6.07) is 21.4. The van der Waals surface area contributed by atoms with E-state index in [1.807, 2.05) is 85.8 Å². The van der Waals surface area contributed by atoms with Gasteiger partial charge in [-0.1, -0.05) is 48.0 Å². The molecule has 0 aliphatic heterocycles. The number of aryl methyl sites for hydroxylation is 1. The molecule has 3 nitrogen and oxygen atoms in total. The Bertz CT molecular complexity index is 1140. The highest BCUT2D eigenvalue weighted by molar-refractivity contribution is 6.30. The van der Waals surface area contributed by atoms with Crippen molar-refractivity contribution in [2.24, 2.45) is 4.99 Å². The van der Waals surface area contributed by atoms with E-state index in [4.69, 9.17) is 16.0 Å². The third-order valence-corrected chi connectivity index (χ3v) is 4.47. The Hall–Kier alpha value is -3.17. The van der Waals surface area contributed by atoms with E-state index in [1.165, 1.54) is 0 Å². The van der Waals surface area contributed by atoms with Crippen molar-refractivity contribution in [1.29, 1.82) is 0 Å². The molecule has 0 spiro atoms. The lowest BCUT2D eigenvalue weighted by molar-refractivity contribution is 0.619. The van der Waals surface area contributed by atoms with Crippen LogP contribution >= 0.6 is 11.6 Å². The second-order valence-corrected chi connectivity index (χ2v) is 6.61. The number of aromatic nitrogens is 1. The number of hydrogen-bond donors (Lipinski definition) is 0. The highest BCUT2D eigenvalue weighted by atomic mass is 35.5. The lowest BCUT2D eigenvalue weighted by atomic mass is 10.1. The third kappa shape index (κ3) is 3.99. The van der Waals surface area contributed by atoms with Crippen LogP contribution in [0.15, 0.2) is 82.2 Å². The van der Waals surface area contributed by atoms with Gasteiger partial charge in [0.25, 0.3) is 0 Å². The van der Waals surface area contributed by atoms with Gasteiger partial charge in [-0.05, 0) is 60.5 Å². The molecule has 0 aliphatic carbocycles. The molecule has 0 bridgehead atoms. The highest BCUT2D eigenvalue weighted by Gasteiger charge is 2.10. The van der Waals surface area contributed by atoms with E-state index in [9.17, 15) is 0 Å². The van der Waals surface area contributed by atoms with E-state index in [-0.39, 0.29) is 0 Å². The number of hydrogen-bond acceptors (Lipinski definition) is 3. The monoisotopic (exact) mass is 372 g/mol. The second kappa shape index (κ2) is 7.60. The van der Waals surface area contributed by atoms with E-state index < -0.39 is 0 Å². The summed E-state index contributed by atoms with van der Waals surface area (Å²) in [7, 11) is 0. The summed E-state index contributed by atoms with van der Waals surface area (Å²) in [6.07, 6.45) is 5.64. The molecule has 0 N–H and O–H groups in total. The molecule has 0 amide bonds. The number of nitrogens with zero attached hydrogens (tertiary/aromatic N) is 2. The van der Waals surface area contributed by atoms with E-state index >= 15 is 0 Å². The van der Waals surface area contributed by atoms with Crippen molar-refractivity contribution in [1.82, 2.24) is 4.98 Å². The molecule has 132 valence electrons. The molecule has 4 aromatic rings. The molecule has 27 heavy (non-hydrogen) atoms. The molecule has 0 radical (unpaired) electrons. The maximum Gasteiger partial charge on any atom is 0.227 e. The highest BCUT2D eigenvalue weighted by Crippen LogP contribution is 2.28. The summed E-state index contributed by atoms with van der Waals surface area (Å²) < 4.78 is 5.90. The van der Waals surface area contributed by atoms with Gasteiger partial charge < -0.3 is 4.42 Å². The van der Waals surface area contributed by atoms with Crippen LogP contribution in [0.1, 0.15) is 11.1 Å². The van der Waals surface area contributed by atoms with Gasteiger partial charge >= 0.3 is 0 Å². The van der Waals surface area contributed by atoms with Crippen molar-refractivity contribution < 1.29 is 4.42 Å². The van der Waals surface area contributed by atoms with Crippen LogP contribution in [-0.2, 0) is 0 Å². The molecule has 1 aromatic heterocycles. The van der Waals surface area contributed by atoms with Crippen molar-refractivity contribution in [2.45, 2.75) is 6.92 Å².